The average Bonchev–Trinajstić information content (AvgIpc) is 3.37. The summed E-state index contributed by atoms with van der Waals surface area (Å²) in [5, 5.41) is 5.47. The normalized spacial score (nSPS) is 17.7. The first-order valence-corrected chi connectivity index (χ1v) is 9.26. The summed E-state index contributed by atoms with van der Waals surface area (Å²) < 4.78 is 5.34. The molecule has 4 rings (SSSR count). The largest absolute Gasteiger partial charge is 0.463 e. The molecule has 25 heavy (non-hydrogen) atoms. The Morgan fingerprint density at radius 1 is 1.28 bits per heavy atom. The molecule has 0 spiro atoms. The average molecular weight is 353 g/mol. The van der Waals surface area contributed by atoms with E-state index < -0.39 is 0 Å². The maximum absolute atomic E-state index is 12.7. The minimum Gasteiger partial charge on any atom is -0.463 e. The maximum Gasteiger partial charge on any atom is 0.243 e. The number of carbonyl (C=O) groups is 1. The number of amides is 1. The first-order chi connectivity index (χ1) is 12.3. The predicted octanol–water partition coefficient (Wildman–Crippen LogP) is 4.01. The summed E-state index contributed by atoms with van der Waals surface area (Å²) in [6.45, 7) is 1.75. The summed E-state index contributed by atoms with van der Waals surface area (Å²) in [6.07, 6.45) is 3.54. The van der Waals surface area contributed by atoms with E-state index in [1.165, 1.54) is 16.9 Å². The van der Waals surface area contributed by atoms with Crippen LogP contribution in [0.15, 0.2) is 58.5 Å². The van der Waals surface area contributed by atoms with Gasteiger partial charge in [0.15, 0.2) is 10.9 Å². The molecule has 3 heterocycles. The molecule has 0 bridgehead atoms. The Labute approximate surface area is 150 Å². The number of likely N-dealkylation sites (tertiary alicyclic amines) is 1. The van der Waals surface area contributed by atoms with Crippen LogP contribution in [0.4, 0.5) is 5.13 Å². The van der Waals surface area contributed by atoms with Gasteiger partial charge in [0, 0.05) is 11.9 Å². The lowest BCUT2D eigenvalue weighted by Gasteiger charge is -2.23. The molecule has 1 aromatic carbocycles. The quantitative estimate of drug-likeness (QED) is 0.753. The summed E-state index contributed by atoms with van der Waals surface area (Å²) in [6, 6.07) is 13.9. The number of benzene rings is 1. The number of nitrogens with zero attached hydrogens (tertiary/aromatic N) is 2. The molecule has 6 heteroatoms. The van der Waals surface area contributed by atoms with Crippen LogP contribution in [0.1, 0.15) is 18.4 Å². The molecule has 2 aromatic heterocycles. The van der Waals surface area contributed by atoms with E-state index in [0.29, 0.717) is 10.9 Å². The van der Waals surface area contributed by atoms with Crippen molar-refractivity contribution in [3.63, 3.8) is 0 Å². The van der Waals surface area contributed by atoms with Gasteiger partial charge in [-0.2, -0.15) is 0 Å². The number of nitrogens with one attached hydrogen (secondary N) is 1. The van der Waals surface area contributed by atoms with E-state index in [1.54, 1.807) is 6.26 Å². The number of hydrogen-bond acceptors (Lipinski definition) is 5. The van der Waals surface area contributed by atoms with Crippen LogP contribution in [-0.2, 0) is 11.3 Å². The Morgan fingerprint density at radius 2 is 2.16 bits per heavy atom. The highest BCUT2D eigenvalue weighted by molar-refractivity contribution is 7.14. The molecule has 0 saturated carbocycles. The van der Waals surface area contributed by atoms with Gasteiger partial charge in [-0.3, -0.25) is 9.69 Å². The van der Waals surface area contributed by atoms with Crippen LogP contribution >= 0.6 is 11.3 Å². The van der Waals surface area contributed by atoms with Gasteiger partial charge in [0.2, 0.25) is 5.91 Å². The molecule has 1 N–H and O–H groups in total. The summed E-state index contributed by atoms with van der Waals surface area (Å²) in [5.74, 6) is 0.733. The van der Waals surface area contributed by atoms with Crippen molar-refractivity contribution >= 4 is 22.4 Å². The highest BCUT2D eigenvalue weighted by Gasteiger charge is 2.31. The van der Waals surface area contributed by atoms with Crippen LogP contribution in [-0.4, -0.2) is 28.4 Å². The zero-order chi connectivity index (χ0) is 17.1. The lowest BCUT2D eigenvalue weighted by molar-refractivity contribution is -0.120. The Balaban J connectivity index is 1.41. The van der Waals surface area contributed by atoms with Gasteiger partial charge in [-0.05, 0) is 37.1 Å². The lowest BCUT2D eigenvalue weighted by atomic mass is 10.1. The van der Waals surface area contributed by atoms with Gasteiger partial charge < -0.3 is 9.73 Å². The Bertz CT molecular complexity index is 829. The smallest absolute Gasteiger partial charge is 0.243 e. The van der Waals surface area contributed by atoms with Crippen molar-refractivity contribution in [2.24, 2.45) is 0 Å². The molecule has 0 aliphatic carbocycles. The van der Waals surface area contributed by atoms with Crippen LogP contribution in [0.5, 0.6) is 0 Å². The van der Waals surface area contributed by atoms with Gasteiger partial charge in [0.25, 0.3) is 0 Å². The fourth-order valence-electron chi connectivity index (χ4n) is 3.19. The Morgan fingerprint density at radius 3 is 2.96 bits per heavy atom. The van der Waals surface area contributed by atoms with Gasteiger partial charge in [-0.1, -0.05) is 30.3 Å². The minimum atomic E-state index is -0.101. The van der Waals surface area contributed by atoms with E-state index in [1.807, 2.05) is 35.7 Å². The number of anilines is 1. The molecule has 128 valence electrons. The molecule has 3 aromatic rings. The molecule has 1 saturated heterocycles. The van der Waals surface area contributed by atoms with E-state index in [2.05, 4.69) is 27.3 Å². The molecular formula is C19H19N3O2S. The van der Waals surface area contributed by atoms with Gasteiger partial charge in [0.05, 0.1) is 12.3 Å². The maximum atomic E-state index is 12.7. The SMILES string of the molecule is O=C(Nc1nc(-c2ccco2)cs1)C1CCCN1Cc1ccccc1. The van der Waals surface area contributed by atoms with Crippen LogP contribution in [0.3, 0.4) is 0 Å². The van der Waals surface area contributed by atoms with E-state index in [9.17, 15) is 4.79 Å². The lowest BCUT2D eigenvalue weighted by Crippen LogP contribution is -2.39. The zero-order valence-corrected chi connectivity index (χ0v) is 14.5. The van der Waals surface area contributed by atoms with Crippen LogP contribution in [0, 0.1) is 0 Å². The molecule has 1 amide bonds. The fraction of sp³-hybridized carbons (Fsp3) is 0.263. The van der Waals surface area contributed by atoms with Crippen molar-refractivity contribution in [1.29, 1.82) is 0 Å². The molecule has 1 unspecified atom stereocenters. The molecule has 5 nitrogen and oxygen atoms in total. The van der Waals surface area contributed by atoms with Gasteiger partial charge in [-0.15, -0.1) is 11.3 Å². The summed E-state index contributed by atoms with van der Waals surface area (Å²) in [4.78, 5) is 19.4. The molecule has 1 fully saturated rings. The molecule has 1 aliphatic heterocycles. The van der Waals surface area contributed by atoms with Crippen LogP contribution < -0.4 is 5.32 Å². The first kappa shape index (κ1) is 16.1. The second kappa shape index (κ2) is 7.21. The summed E-state index contributed by atoms with van der Waals surface area (Å²) in [5.41, 5.74) is 1.98. The number of hydrogen-bond donors (Lipinski definition) is 1. The van der Waals surface area contributed by atoms with Crippen molar-refractivity contribution in [3.8, 4) is 11.5 Å². The van der Waals surface area contributed by atoms with E-state index in [4.69, 9.17) is 4.42 Å². The van der Waals surface area contributed by atoms with E-state index in [-0.39, 0.29) is 11.9 Å². The van der Waals surface area contributed by atoms with E-state index in [0.717, 1.165) is 31.6 Å². The summed E-state index contributed by atoms with van der Waals surface area (Å²) in [7, 11) is 0. The third-order valence-corrected chi connectivity index (χ3v) is 5.16. The highest BCUT2D eigenvalue weighted by atomic mass is 32.1. The summed E-state index contributed by atoms with van der Waals surface area (Å²) >= 11 is 1.42. The number of thiazole rings is 1. The van der Waals surface area contributed by atoms with Crippen molar-refractivity contribution in [3.05, 3.63) is 59.7 Å². The highest BCUT2D eigenvalue weighted by Crippen LogP contribution is 2.26. The van der Waals surface area contributed by atoms with Crippen LogP contribution in [0.25, 0.3) is 11.5 Å². The minimum absolute atomic E-state index is 0.0220. The second-order valence-corrected chi connectivity index (χ2v) is 6.98. The van der Waals surface area contributed by atoms with Crippen LogP contribution in [0.2, 0.25) is 0 Å². The monoisotopic (exact) mass is 353 g/mol. The first-order valence-electron chi connectivity index (χ1n) is 8.38. The molecule has 0 radical (unpaired) electrons. The molecular weight excluding hydrogens is 334 g/mol. The number of carbonyl (C=O) groups excluding carboxylic acids is 1. The zero-order valence-electron chi connectivity index (χ0n) is 13.7. The second-order valence-electron chi connectivity index (χ2n) is 6.12. The number of rotatable bonds is 5. The fourth-order valence-corrected chi connectivity index (χ4v) is 3.89. The predicted molar refractivity (Wildman–Crippen MR) is 98.3 cm³/mol. The van der Waals surface area contributed by atoms with E-state index >= 15 is 0 Å². The Kier molecular flexibility index (Phi) is 4.63. The Hall–Kier alpha value is -2.44. The standard InChI is InChI=1S/C19H19N3O2S/c23-18(21-19-20-15(13-25-19)17-9-5-11-24-17)16-8-4-10-22(16)12-14-6-2-1-3-7-14/h1-3,5-7,9,11,13,16H,4,8,10,12H2,(H,20,21,23). The van der Waals surface area contributed by atoms with Gasteiger partial charge in [-0.25, -0.2) is 4.98 Å². The van der Waals surface area contributed by atoms with Crippen molar-refractivity contribution in [2.45, 2.75) is 25.4 Å². The van der Waals surface area contributed by atoms with Crippen molar-refractivity contribution in [1.82, 2.24) is 9.88 Å². The third kappa shape index (κ3) is 3.65. The third-order valence-electron chi connectivity index (χ3n) is 4.40. The van der Waals surface area contributed by atoms with Crippen molar-refractivity contribution < 1.29 is 9.21 Å². The topological polar surface area (TPSA) is 58.4 Å². The van der Waals surface area contributed by atoms with Crippen molar-refractivity contribution in [2.75, 3.05) is 11.9 Å². The van der Waals surface area contributed by atoms with Gasteiger partial charge in [0.1, 0.15) is 5.69 Å². The van der Waals surface area contributed by atoms with Gasteiger partial charge >= 0.3 is 0 Å². The molecule has 1 atom stereocenters. The molecule has 1 aliphatic rings. The number of furan rings is 1. The number of aromatic nitrogens is 1.